The minimum atomic E-state index is -4.91. The standard InChI is InChI=1S/C9H9BF3O.K/c1-7-2-3-8(6-9(7)14)4-5-10(11,12)13;/h2-6,14H,1H3;/q-1;+1/b5-4+;. The van der Waals surface area contributed by atoms with E-state index in [1.807, 2.05) is 0 Å². The Morgan fingerprint density at radius 1 is 1.27 bits per heavy atom. The molecular formula is C9H9BF3KO. The Balaban J connectivity index is 0.00000196. The summed E-state index contributed by atoms with van der Waals surface area (Å²) in [4.78, 5) is 0. The molecule has 15 heavy (non-hydrogen) atoms. The molecule has 0 aliphatic heterocycles. The number of rotatable bonds is 2. The summed E-state index contributed by atoms with van der Waals surface area (Å²) >= 11 is 0. The van der Waals surface area contributed by atoms with Crippen molar-refractivity contribution in [3.05, 3.63) is 35.3 Å². The van der Waals surface area contributed by atoms with Crippen molar-refractivity contribution < 1.29 is 69.4 Å². The van der Waals surface area contributed by atoms with E-state index in [1.165, 1.54) is 12.1 Å². The summed E-state index contributed by atoms with van der Waals surface area (Å²) in [6.07, 6.45) is 0.944. The van der Waals surface area contributed by atoms with Crippen LogP contribution in [0.2, 0.25) is 0 Å². The average Bonchev–Trinajstić information content (AvgIpc) is 2.06. The molecule has 1 rings (SSSR count). The van der Waals surface area contributed by atoms with Crippen molar-refractivity contribution in [3.63, 3.8) is 0 Å². The number of hydrogen-bond donors (Lipinski definition) is 1. The largest absolute Gasteiger partial charge is 1.00 e. The maximum atomic E-state index is 11.8. The van der Waals surface area contributed by atoms with Crippen LogP contribution in [0, 0.1) is 6.92 Å². The van der Waals surface area contributed by atoms with E-state index in [4.69, 9.17) is 0 Å². The minimum absolute atomic E-state index is 0. The van der Waals surface area contributed by atoms with Gasteiger partial charge in [-0.1, -0.05) is 18.2 Å². The predicted molar refractivity (Wildman–Crippen MR) is 51.0 cm³/mol. The van der Waals surface area contributed by atoms with Crippen LogP contribution >= 0.6 is 0 Å². The third kappa shape index (κ3) is 5.77. The van der Waals surface area contributed by atoms with Crippen molar-refractivity contribution in [1.82, 2.24) is 0 Å². The van der Waals surface area contributed by atoms with Crippen molar-refractivity contribution in [2.24, 2.45) is 0 Å². The van der Waals surface area contributed by atoms with Gasteiger partial charge < -0.3 is 18.1 Å². The average molecular weight is 240 g/mol. The molecule has 1 N–H and O–H groups in total. The first-order valence-corrected chi connectivity index (χ1v) is 4.07. The second-order valence-corrected chi connectivity index (χ2v) is 3.03. The van der Waals surface area contributed by atoms with E-state index in [0.29, 0.717) is 11.1 Å². The number of aromatic hydroxyl groups is 1. The van der Waals surface area contributed by atoms with Gasteiger partial charge in [0.1, 0.15) is 5.75 Å². The quantitative estimate of drug-likeness (QED) is 0.727. The molecule has 76 valence electrons. The van der Waals surface area contributed by atoms with E-state index in [9.17, 15) is 18.1 Å². The molecule has 0 unspecified atom stereocenters. The second-order valence-electron chi connectivity index (χ2n) is 3.03. The number of phenolic OH excluding ortho intramolecular Hbond substituents is 1. The molecule has 6 heteroatoms. The topological polar surface area (TPSA) is 20.2 Å². The third-order valence-corrected chi connectivity index (χ3v) is 1.74. The first-order chi connectivity index (χ1) is 6.38. The Kier molecular flexibility index (Phi) is 6.20. The number of aryl methyl sites for hydroxylation is 1. The molecule has 1 nitrogen and oxygen atoms in total. The minimum Gasteiger partial charge on any atom is -0.508 e. The van der Waals surface area contributed by atoms with Gasteiger partial charge in [0, 0.05) is 0 Å². The van der Waals surface area contributed by atoms with Gasteiger partial charge in [0.25, 0.3) is 0 Å². The fraction of sp³-hybridized carbons (Fsp3) is 0.111. The monoisotopic (exact) mass is 240 g/mol. The molecule has 0 saturated heterocycles. The Morgan fingerprint density at radius 3 is 2.33 bits per heavy atom. The fourth-order valence-electron chi connectivity index (χ4n) is 0.950. The summed E-state index contributed by atoms with van der Waals surface area (Å²) in [6.45, 7) is -3.23. The van der Waals surface area contributed by atoms with Crippen molar-refractivity contribution >= 4 is 13.1 Å². The molecule has 0 aliphatic rings. The number of phenols is 1. The van der Waals surface area contributed by atoms with E-state index in [-0.39, 0.29) is 63.1 Å². The van der Waals surface area contributed by atoms with Gasteiger partial charge in [-0.2, -0.15) is 0 Å². The Morgan fingerprint density at radius 2 is 1.87 bits per heavy atom. The number of halogens is 3. The molecule has 0 saturated carbocycles. The smallest absolute Gasteiger partial charge is 0.508 e. The van der Waals surface area contributed by atoms with E-state index in [1.54, 1.807) is 13.0 Å². The van der Waals surface area contributed by atoms with Crippen molar-refractivity contribution in [2.45, 2.75) is 6.92 Å². The molecule has 0 heterocycles. The molecule has 0 bridgehead atoms. The maximum absolute atomic E-state index is 11.8. The Labute approximate surface area is 129 Å². The third-order valence-electron chi connectivity index (χ3n) is 1.74. The summed E-state index contributed by atoms with van der Waals surface area (Å²) in [5.74, 6) is 0.200. The molecule has 0 amide bonds. The van der Waals surface area contributed by atoms with Crippen LogP contribution in [0.3, 0.4) is 0 Å². The first kappa shape index (κ1) is 15.3. The molecule has 0 spiro atoms. The van der Waals surface area contributed by atoms with E-state index < -0.39 is 6.98 Å². The molecule has 1 aromatic rings. The molecule has 0 fully saturated rings. The molecular weight excluding hydrogens is 231 g/mol. The van der Waals surface area contributed by atoms with Gasteiger partial charge in [-0.3, -0.25) is 0 Å². The van der Waals surface area contributed by atoms with Crippen LogP contribution in [0.4, 0.5) is 12.9 Å². The SMILES string of the molecule is Cc1ccc(/C=C/[B-](F)(F)F)cc1O.[K+]. The van der Waals surface area contributed by atoms with Crippen molar-refractivity contribution in [1.29, 1.82) is 0 Å². The van der Waals surface area contributed by atoms with Gasteiger partial charge in [-0.25, -0.2) is 0 Å². The van der Waals surface area contributed by atoms with Gasteiger partial charge in [-0.15, -0.1) is 5.98 Å². The van der Waals surface area contributed by atoms with Gasteiger partial charge >= 0.3 is 58.4 Å². The summed E-state index contributed by atoms with van der Waals surface area (Å²) in [5, 5.41) is 9.22. The summed E-state index contributed by atoms with van der Waals surface area (Å²) in [6, 6.07) is 4.39. The summed E-state index contributed by atoms with van der Waals surface area (Å²) < 4.78 is 35.5. The zero-order valence-corrected chi connectivity index (χ0v) is 11.7. The van der Waals surface area contributed by atoms with Crippen LogP contribution in [0.5, 0.6) is 5.75 Å². The maximum Gasteiger partial charge on any atom is 1.00 e. The molecule has 0 aliphatic carbocycles. The van der Waals surface area contributed by atoms with Crippen LogP contribution in [-0.4, -0.2) is 12.1 Å². The predicted octanol–water partition coefficient (Wildman–Crippen LogP) is 0.104. The normalized spacial score (nSPS) is 11.5. The van der Waals surface area contributed by atoms with Crippen LogP contribution in [0.25, 0.3) is 6.08 Å². The zero-order valence-electron chi connectivity index (χ0n) is 8.55. The molecule has 1 aromatic carbocycles. The Bertz CT molecular complexity index is 363. The van der Waals surface area contributed by atoms with Gasteiger partial charge in [0.05, 0.1) is 0 Å². The fourth-order valence-corrected chi connectivity index (χ4v) is 0.950. The van der Waals surface area contributed by atoms with Crippen LogP contribution in [0.1, 0.15) is 11.1 Å². The number of benzene rings is 1. The molecule has 0 aromatic heterocycles. The van der Waals surface area contributed by atoms with Crippen LogP contribution in [0.15, 0.2) is 24.2 Å². The molecule has 0 radical (unpaired) electrons. The van der Waals surface area contributed by atoms with Crippen LogP contribution in [-0.2, 0) is 0 Å². The Hall–Kier alpha value is 0.251. The summed E-state index contributed by atoms with van der Waals surface area (Å²) in [5.41, 5.74) is 0.979. The van der Waals surface area contributed by atoms with Gasteiger partial charge in [0.2, 0.25) is 0 Å². The van der Waals surface area contributed by atoms with Gasteiger partial charge in [0.15, 0.2) is 0 Å². The van der Waals surface area contributed by atoms with Gasteiger partial charge in [-0.05, 0) is 24.1 Å². The zero-order chi connectivity index (χ0) is 10.8. The summed E-state index contributed by atoms with van der Waals surface area (Å²) in [7, 11) is 0. The van der Waals surface area contributed by atoms with Crippen LogP contribution < -0.4 is 51.4 Å². The van der Waals surface area contributed by atoms with E-state index in [0.717, 1.165) is 6.08 Å². The van der Waals surface area contributed by atoms with E-state index in [2.05, 4.69) is 0 Å². The second kappa shape index (κ2) is 6.10. The first-order valence-electron chi connectivity index (χ1n) is 4.07. The van der Waals surface area contributed by atoms with E-state index >= 15 is 0 Å². The van der Waals surface area contributed by atoms with Crippen molar-refractivity contribution in [3.8, 4) is 5.75 Å². The molecule has 0 atom stereocenters. The number of hydrogen-bond acceptors (Lipinski definition) is 1. The van der Waals surface area contributed by atoms with Crippen molar-refractivity contribution in [2.75, 3.05) is 0 Å².